The molecule has 122 valence electrons. The van der Waals surface area contributed by atoms with E-state index >= 15 is 0 Å². The van der Waals surface area contributed by atoms with Gasteiger partial charge in [0, 0.05) is 63.9 Å². The van der Waals surface area contributed by atoms with E-state index in [1.165, 1.54) is 31.5 Å². The van der Waals surface area contributed by atoms with Gasteiger partial charge in [0.2, 0.25) is 0 Å². The van der Waals surface area contributed by atoms with Gasteiger partial charge in [0.15, 0.2) is 11.6 Å². The summed E-state index contributed by atoms with van der Waals surface area (Å²) in [5.41, 5.74) is 0. The summed E-state index contributed by atoms with van der Waals surface area (Å²) in [6.45, 7) is 4.23. The molecule has 23 heavy (non-hydrogen) atoms. The van der Waals surface area contributed by atoms with E-state index in [0.717, 1.165) is 37.8 Å². The zero-order chi connectivity index (χ0) is 15.6. The van der Waals surface area contributed by atoms with E-state index in [2.05, 4.69) is 36.4 Å². The summed E-state index contributed by atoms with van der Waals surface area (Å²) in [4.78, 5) is 18.7. The van der Waals surface area contributed by atoms with Crippen molar-refractivity contribution in [3.63, 3.8) is 0 Å². The van der Waals surface area contributed by atoms with Crippen molar-refractivity contribution in [2.75, 3.05) is 36.0 Å². The standard InChI is InChI=1S/C17H24N6/c1-21-12-8-20-15(21)14-5-4-11-23(13-14)17-16(18-6-7-19-17)22-9-2-3-10-22/h6-8,12,14H,2-5,9-11,13H2,1H3/t14-/m0/s1. The maximum absolute atomic E-state index is 4.68. The lowest BCUT2D eigenvalue weighted by molar-refractivity contribution is 0.478. The minimum Gasteiger partial charge on any atom is -0.354 e. The van der Waals surface area contributed by atoms with Crippen LogP contribution in [0, 0.1) is 0 Å². The summed E-state index contributed by atoms with van der Waals surface area (Å²) in [6, 6.07) is 0. The van der Waals surface area contributed by atoms with Gasteiger partial charge in [-0.3, -0.25) is 0 Å². The van der Waals surface area contributed by atoms with Gasteiger partial charge >= 0.3 is 0 Å². The quantitative estimate of drug-likeness (QED) is 0.869. The van der Waals surface area contributed by atoms with Gasteiger partial charge in [-0.05, 0) is 25.7 Å². The zero-order valence-electron chi connectivity index (χ0n) is 13.7. The summed E-state index contributed by atoms with van der Waals surface area (Å²) >= 11 is 0. The Labute approximate surface area is 137 Å². The Bertz CT molecular complexity index is 661. The second-order valence-corrected chi connectivity index (χ2v) is 6.58. The van der Waals surface area contributed by atoms with Crippen molar-refractivity contribution in [2.24, 2.45) is 7.05 Å². The second kappa shape index (κ2) is 6.18. The molecule has 0 aliphatic carbocycles. The predicted molar refractivity (Wildman–Crippen MR) is 90.9 cm³/mol. The molecule has 2 saturated heterocycles. The summed E-state index contributed by atoms with van der Waals surface area (Å²) in [5, 5.41) is 0. The lowest BCUT2D eigenvalue weighted by Gasteiger charge is -2.35. The third-order valence-corrected chi connectivity index (χ3v) is 5.01. The first-order valence-corrected chi connectivity index (χ1v) is 8.61. The Kier molecular flexibility index (Phi) is 3.89. The predicted octanol–water partition coefficient (Wildman–Crippen LogP) is 2.19. The smallest absolute Gasteiger partial charge is 0.172 e. The maximum Gasteiger partial charge on any atom is 0.172 e. The first-order chi connectivity index (χ1) is 11.3. The Hall–Kier alpha value is -2.11. The number of rotatable bonds is 3. The highest BCUT2D eigenvalue weighted by molar-refractivity contribution is 5.63. The van der Waals surface area contributed by atoms with Crippen LogP contribution in [0.2, 0.25) is 0 Å². The largest absolute Gasteiger partial charge is 0.354 e. The van der Waals surface area contributed by atoms with Crippen molar-refractivity contribution in [2.45, 2.75) is 31.6 Å². The van der Waals surface area contributed by atoms with E-state index in [1.807, 2.05) is 24.8 Å². The number of aryl methyl sites for hydroxylation is 1. The summed E-state index contributed by atoms with van der Waals surface area (Å²) in [5.74, 6) is 3.76. The first kappa shape index (κ1) is 14.5. The van der Waals surface area contributed by atoms with Gasteiger partial charge in [0.05, 0.1) is 0 Å². The van der Waals surface area contributed by atoms with Crippen LogP contribution < -0.4 is 9.80 Å². The van der Waals surface area contributed by atoms with Crippen molar-refractivity contribution in [1.29, 1.82) is 0 Å². The third-order valence-electron chi connectivity index (χ3n) is 5.01. The van der Waals surface area contributed by atoms with Gasteiger partial charge < -0.3 is 14.4 Å². The highest BCUT2D eigenvalue weighted by atomic mass is 15.3. The third kappa shape index (κ3) is 2.78. The SMILES string of the molecule is Cn1ccnc1[C@H]1CCCN(c2nccnc2N2CCCC2)C1. The number of aromatic nitrogens is 4. The molecule has 2 aliphatic rings. The molecule has 0 amide bonds. The molecule has 4 rings (SSSR count). The topological polar surface area (TPSA) is 50.1 Å². The fourth-order valence-corrected chi connectivity index (χ4v) is 3.85. The Morgan fingerprint density at radius 2 is 1.57 bits per heavy atom. The van der Waals surface area contributed by atoms with Gasteiger partial charge in [0.1, 0.15) is 5.82 Å². The fourth-order valence-electron chi connectivity index (χ4n) is 3.85. The molecular weight excluding hydrogens is 288 g/mol. The highest BCUT2D eigenvalue weighted by Crippen LogP contribution is 2.33. The summed E-state index contributed by atoms with van der Waals surface area (Å²) in [6.07, 6.45) is 12.4. The Balaban J connectivity index is 1.59. The molecule has 0 spiro atoms. The molecule has 0 saturated carbocycles. The van der Waals surface area contributed by atoms with Crippen LogP contribution >= 0.6 is 0 Å². The maximum atomic E-state index is 4.68. The van der Waals surface area contributed by atoms with Gasteiger partial charge in [0.25, 0.3) is 0 Å². The van der Waals surface area contributed by atoms with Gasteiger partial charge in [-0.15, -0.1) is 0 Å². The van der Waals surface area contributed by atoms with Gasteiger partial charge in [-0.2, -0.15) is 0 Å². The van der Waals surface area contributed by atoms with Crippen molar-refractivity contribution in [3.8, 4) is 0 Å². The lowest BCUT2D eigenvalue weighted by atomic mass is 9.97. The molecule has 2 aliphatic heterocycles. The van der Waals surface area contributed by atoms with E-state index in [4.69, 9.17) is 0 Å². The Morgan fingerprint density at radius 3 is 2.26 bits per heavy atom. The molecule has 2 aromatic heterocycles. The zero-order valence-corrected chi connectivity index (χ0v) is 13.7. The van der Waals surface area contributed by atoms with Crippen molar-refractivity contribution < 1.29 is 0 Å². The van der Waals surface area contributed by atoms with Crippen molar-refractivity contribution >= 4 is 11.6 Å². The van der Waals surface area contributed by atoms with Crippen LogP contribution in [0.3, 0.4) is 0 Å². The van der Waals surface area contributed by atoms with E-state index in [1.54, 1.807) is 0 Å². The highest BCUT2D eigenvalue weighted by Gasteiger charge is 2.28. The molecule has 0 N–H and O–H groups in total. The van der Waals surface area contributed by atoms with Crippen molar-refractivity contribution in [1.82, 2.24) is 19.5 Å². The van der Waals surface area contributed by atoms with Crippen LogP contribution in [-0.2, 0) is 7.05 Å². The van der Waals surface area contributed by atoms with Crippen LogP contribution in [0.1, 0.15) is 37.4 Å². The fraction of sp³-hybridized carbons (Fsp3) is 0.588. The van der Waals surface area contributed by atoms with E-state index < -0.39 is 0 Å². The Morgan fingerprint density at radius 1 is 0.870 bits per heavy atom. The minimum atomic E-state index is 0.470. The number of hydrogen-bond acceptors (Lipinski definition) is 5. The number of anilines is 2. The average molecular weight is 312 g/mol. The molecule has 0 radical (unpaired) electrons. The average Bonchev–Trinajstić information content (AvgIpc) is 3.26. The van der Waals surface area contributed by atoms with E-state index in [0.29, 0.717) is 5.92 Å². The van der Waals surface area contributed by atoms with Crippen LogP contribution in [0.15, 0.2) is 24.8 Å². The molecule has 2 aromatic rings. The number of imidazole rings is 1. The van der Waals surface area contributed by atoms with Crippen LogP contribution in [-0.4, -0.2) is 45.7 Å². The molecule has 6 nitrogen and oxygen atoms in total. The molecule has 1 atom stereocenters. The van der Waals surface area contributed by atoms with Gasteiger partial charge in [-0.25, -0.2) is 15.0 Å². The molecule has 2 fully saturated rings. The first-order valence-electron chi connectivity index (χ1n) is 8.61. The molecular formula is C17H24N6. The number of nitrogens with zero attached hydrogens (tertiary/aromatic N) is 6. The van der Waals surface area contributed by atoms with Crippen LogP contribution in [0.4, 0.5) is 11.6 Å². The summed E-state index contributed by atoms with van der Waals surface area (Å²) in [7, 11) is 2.08. The lowest BCUT2D eigenvalue weighted by Crippen LogP contribution is -2.37. The minimum absolute atomic E-state index is 0.470. The second-order valence-electron chi connectivity index (χ2n) is 6.58. The number of piperidine rings is 1. The molecule has 0 aromatic carbocycles. The molecule has 6 heteroatoms. The van der Waals surface area contributed by atoms with E-state index in [9.17, 15) is 0 Å². The van der Waals surface area contributed by atoms with Crippen LogP contribution in [0.25, 0.3) is 0 Å². The normalized spacial score (nSPS) is 21.9. The summed E-state index contributed by atoms with van der Waals surface area (Å²) < 4.78 is 2.15. The van der Waals surface area contributed by atoms with E-state index in [-0.39, 0.29) is 0 Å². The molecule has 0 unspecified atom stereocenters. The van der Waals surface area contributed by atoms with Crippen LogP contribution in [0.5, 0.6) is 0 Å². The van der Waals surface area contributed by atoms with Crippen molar-refractivity contribution in [3.05, 3.63) is 30.6 Å². The monoisotopic (exact) mass is 312 g/mol. The number of hydrogen-bond donors (Lipinski definition) is 0. The molecule has 4 heterocycles. The molecule has 0 bridgehead atoms. The van der Waals surface area contributed by atoms with Gasteiger partial charge in [-0.1, -0.05) is 0 Å².